The SMILES string of the molecule is CCn1ncc(Br)c1CS(=O)(=O)C(F)F. The predicted molar refractivity (Wildman–Crippen MR) is 54.2 cm³/mol. The number of halogens is 3. The number of aromatic nitrogens is 2. The van der Waals surface area contributed by atoms with Crippen molar-refractivity contribution in [3.63, 3.8) is 0 Å². The van der Waals surface area contributed by atoms with Gasteiger partial charge in [-0.2, -0.15) is 13.9 Å². The molecule has 0 bridgehead atoms. The van der Waals surface area contributed by atoms with Crippen LogP contribution in [-0.2, 0) is 22.1 Å². The Bertz CT molecular complexity index is 444. The van der Waals surface area contributed by atoms with Crippen LogP contribution in [0.4, 0.5) is 8.78 Å². The second-order valence-electron chi connectivity index (χ2n) is 2.82. The van der Waals surface area contributed by atoms with Crippen LogP contribution in [0, 0.1) is 0 Å². The van der Waals surface area contributed by atoms with Gasteiger partial charge in [0, 0.05) is 6.54 Å². The van der Waals surface area contributed by atoms with E-state index in [0.717, 1.165) is 0 Å². The molecule has 4 nitrogen and oxygen atoms in total. The first-order valence-electron chi connectivity index (χ1n) is 4.08. The first-order chi connectivity index (χ1) is 6.88. The quantitative estimate of drug-likeness (QED) is 0.852. The van der Waals surface area contributed by atoms with Gasteiger partial charge in [0.25, 0.3) is 0 Å². The molecule has 8 heteroatoms. The summed E-state index contributed by atoms with van der Waals surface area (Å²) < 4.78 is 48.1. The molecule has 0 aliphatic heterocycles. The highest BCUT2D eigenvalue weighted by Gasteiger charge is 2.27. The lowest BCUT2D eigenvalue weighted by atomic mass is 10.5. The minimum atomic E-state index is -4.40. The van der Waals surface area contributed by atoms with E-state index in [1.165, 1.54) is 10.9 Å². The Hall–Kier alpha value is -0.500. The molecule has 0 N–H and O–H groups in total. The van der Waals surface area contributed by atoms with Crippen molar-refractivity contribution in [2.45, 2.75) is 25.0 Å². The number of hydrogen-bond acceptors (Lipinski definition) is 3. The van der Waals surface area contributed by atoms with Crippen LogP contribution >= 0.6 is 15.9 Å². The molecule has 0 aliphatic rings. The number of hydrogen-bond donors (Lipinski definition) is 0. The third-order valence-corrected chi connectivity index (χ3v) is 3.69. The molecule has 1 aromatic rings. The number of aryl methyl sites for hydroxylation is 1. The van der Waals surface area contributed by atoms with E-state index in [2.05, 4.69) is 21.0 Å². The summed E-state index contributed by atoms with van der Waals surface area (Å²) in [5.74, 6) is -4.07. The molecule has 86 valence electrons. The summed E-state index contributed by atoms with van der Waals surface area (Å²) in [6, 6.07) is 0. The largest absolute Gasteiger partial charge is 0.337 e. The standard InChI is InChI=1S/C7H9BrF2N2O2S/c1-2-12-6(5(8)3-11-12)4-15(13,14)7(9)10/h3,7H,2,4H2,1H3. The fourth-order valence-electron chi connectivity index (χ4n) is 1.06. The van der Waals surface area contributed by atoms with Crippen LogP contribution in [0.3, 0.4) is 0 Å². The summed E-state index contributed by atoms with van der Waals surface area (Å²) in [5.41, 5.74) is 0.248. The molecule has 0 amide bonds. The van der Waals surface area contributed by atoms with Crippen molar-refractivity contribution in [2.24, 2.45) is 0 Å². The second-order valence-corrected chi connectivity index (χ2v) is 5.65. The van der Waals surface area contributed by atoms with Crippen molar-refractivity contribution in [3.8, 4) is 0 Å². The van der Waals surface area contributed by atoms with Gasteiger partial charge in [-0.3, -0.25) is 4.68 Å². The predicted octanol–water partition coefficient (Wildman–Crippen LogP) is 1.80. The summed E-state index contributed by atoms with van der Waals surface area (Å²) in [6.45, 7) is 2.18. The lowest BCUT2D eigenvalue weighted by molar-refractivity contribution is 0.234. The van der Waals surface area contributed by atoms with Crippen molar-refractivity contribution < 1.29 is 17.2 Å². The second kappa shape index (κ2) is 4.56. The Morgan fingerprint density at radius 3 is 2.67 bits per heavy atom. The Kier molecular flexibility index (Phi) is 3.82. The summed E-state index contributed by atoms with van der Waals surface area (Å²) in [4.78, 5) is 0. The monoisotopic (exact) mass is 302 g/mol. The third kappa shape index (κ3) is 2.75. The molecule has 0 atom stereocenters. The molecular formula is C7H9BrF2N2O2S. The molecule has 0 unspecified atom stereocenters. The van der Waals surface area contributed by atoms with Gasteiger partial charge in [-0.1, -0.05) is 0 Å². The van der Waals surface area contributed by atoms with E-state index >= 15 is 0 Å². The van der Waals surface area contributed by atoms with Crippen LogP contribution in [0.25, 0.3) is 0 Å². The Labute approximate surface area is 94.3 Å². The van der Waals surface area contributed by atoms with Gasteiger partial charge in [-0.25, -0.2) is 8.42 Å². The van der Waals surface area contributed by atoms with Crippen LogP contribution < -0.4 is 0 Å². The van der Waals surface area contributed by atoms with Crippen LogP contribution in [0.5, 0.6) is 0 Å². The summed E-state index contributed by atoms with van der Waals surface area (Å²) >= 11 is 3.07. The van der Waals surface area contributed by atoms with Crippen molar-refractivity contribution in [3.05, 3.63) is 16.4 Å². The van der Waals surface area contributed by atoms with Crippen LogP contribution in [0.15, 0.2) is 10.7 Å². The number of sulfone groups is 1. The minimum absolute atomic E-state index is 0.248. The summed E-state index contributed by atoms with van der Waals surface area (Å²) in [5, 5.41) is 3.84. The topological polar surface area (TPSA) is 52.0 Å². The Morgan fingerprint density at radius 2 is 2.20 bits per heavy atom. The lowest BCUT2D eigenvalue weighted by Crippen LogP contribution is -2.16. The fraction of sp³-hybridized carbons (Fsp3) is 0.571. The van der Waals surface area contributed by atoms with Crippen molar-refractivity contribution >= 4 is 25.8 Å². The molecular weight excluding hydrogens is 294 g/mol. The van der Waals surface area contributed by atoms with Gasteiger partial charge in [0.05, 0.1) is 22.1 Å². The lowest BCUT2D eigenvalue weighted by Gasteiger charge is -2.06. The fourth-order valence-corrected chi connectivity index (χ4v) is 2.49. The molecule has 0 aromatic carbocycles. The van der Waals surface area contributed by atoms with E-state index in [0.29, 0.717) is 11.0 Å². The third-order valence-electron chi connectivity index (χ3n) is 1.81. The van der Waals surface area contributed by atoms with Crippen LogP contribution in [0.2, 0.25) is 0 Å². The number of rotatable bonds is 4. The average molecular weight is 303 g/mol. The van der Waals surface area contributed by atoms with E-state index in [9.17, 15) is 17.2 Å². The van der Waals surface area contributed by atoms with Gasteiger partial charge >= 0.3 is 5.76 Å². The highest BCUT2D eigenvalue weighted by molar-refractivity contribution is 9.10. The maximum Gasteiger partial charge on any atom is 0.337 e. The Balaban J connectivity index is 3.04. The Morgan fingerprint density at radius 1 is 1.60 bits per heavy atom. The highest BCUT2D eigenvalue weighted by atomic mass is 79.9. The highest BCUT2D eigenvalue weighted by Crippen LogP contribution is 2.21. The van der Waals surface area contributed by atoms with Crippen molar-refractivity contribution in [1.29, 1.82) is 0 Å². The maximum atomic E-state index is 12.1. The zero-order valence-corrected chi connectivity index (χ0v) is 10.2. The van der Waals surface area contributed by atoms with Gasteiger partial charge in [-0.05, 0) is 22.9 Å². The van der Waals surface area contributed by atoms with Gasteiger partial charge in [0.15, 0.2) is 0 Å². The summed E-state index contributed by atoms with van der Waals surface area (Å²) in [7, 11) is -4.40. The first-order valence-corrected chi connectivity index (χ1v) is 6.59. The molecule has 1 rings (SSSR count). The van der Waals surface area contributed by atoms with Gasteiger partial charge in [0.1, 0.15) is 0 Å². The van der Waals surface area contributed by atoms with Crippen molar-refractivity contribution in [1.82, 2.24) is 9.78 Å². The van der Waals surface area contributed by atoms with Gasteiger partial charge < -0.3 is 0 Å². The molecule has 0 spiro atoms. The molecule has 0 aliphatic carbocycles. The maximum absolute atomic E-state index is 12.1. The van der Waals surface area contributed by atoms with E-state index in [1.54, 1.807) is 6.92 Å². The normalized spacial score (nSPS) is 12.3. The van der Waals surface area contributed by atoms with E-state index < -0.39 is 21.3 Å². The van der Waals surface area contributed by atoms with Crippen LogP contribution in [-0.4, -0.2) is 24.0 Å². The molecule has 1 aromatic heterocycles. The smallest absolute Gasteiger partial charge is 0.268 e. The zero-order valence-electron chi connectivity index (χ0n) is 7.82. The average Bonchev–Trinajstić information content (AvgIpc) is 2.47. The zero-order chi connectivity index (χ0) is 11.6. The number of nitrogens with zero attached hydrogens (tertiary/aromatic N) is 2. The first kappa shape index (κ1) is 12.6. The number of alkyl halides is 2. The van der Waals surface area contributed by atoms with Gasteiger partial charge in [0.2, 0.25) is 9.84 Å². The molecule has 1 heterocycles. The van der Waals surface area contributed by atoms with E-state index in [1.807, 2.05) is 0 Å². The van der Waals surface area contributed by atoms with Crippen LogP contribution in [0.1, 0.15) is 12.6 Å². The van der Waals surface area contributed by atoms with E-state index in [-0.39, 0.29) is 5.69 Å². The minimum Gasteiger partial charge on any atom is -0.268 e. The molecule has 0 saturated carbocycles. The van der Waals surface area contributed by atoms with E-state index in [4.69, 9.17) is 0 Å². The van der Waals surface area contributed by atoms with Crippen molar-refractivity contribution in [2.75, 3.05) is 0 Å². The molecule has 0 radical (unpaired) electrons. The molecule has 0 fully saturated rings. The van der Waals surface area contributed by atoms with Gasteiger partial charge in [-0.15, -0.1) is 0 Å². The molecule has 15 heavy (non-hydrogen) atoms. The molecule has 0 saturated heterocycles. The summed E-state index contributed by atoms with van der Waals surface area (Å²) in [6.07, 6.45) is 1.39.